The van der Waals surface area contributed by atoms with Gasteiger partial charge in [-0.25, -0.2) is 0 Å². The van der Waals surface area contributed by atoms with Gasteiger partial charge in [0.25, 0.3) is 0 Å². The average Bonchev–Trinajstić information content (AvgIpc) is 2.52. The van der Waals surface area contributed by atoms with Crippen molar-refractivity contribution in [1.29, 1.82) is 0 Å². The average molecular weight is 432 g/mol. The van der Waals surface area contributed by atoms with Crippen molar-refractivity contribution in [2.45, 2.75) is 22.6 Å². The molecule has 2 rings (SSSR count). The Morgan fingerprint density at radius 2 is 1.00 bits per heavy atom. The maximum absolute atomic E-state index is 12.5. The Labute approximate surface area is 147 Å². The first kappa shape index (κ1) is 19.1. The second-order valence-corrected chi connectivity index (χ2v) is 6.50. The van der Waals surface area contributed by atoms with Crippen molar-refractivity contribution in [2.24, 2.45) is 0 Å². The van der Waals surface area contributed by atoms with Gasteiger partial charge in [-0.3, -0.25) is 0 Å². The topological polar surface area (TPSA) is 0 Å². The molecule has 0 amide bonds. The van der Waals surface area contributed by atoms with Crippen LogP contribution < -0.4 is 0 Å². The second-order valence-electron chi connectivity index (χ2n) is 5.04. The van der Waals surface area contributed by atoms with E-state index in [4.69, 9.17) is 11.6 Å². The minimum absolute atomic E-state index is 0.423. The van der Waals surface area contributed by atoms with Crippen LogP contribution in [0.2, 0.25) is 0 Å². The van der Waals surface area contributed by atoms with Crippen molar-refractivity contribution in [3.05, 3.63) is 70.8 Å². The van der Waals surface area contributed by atoms with Gasteiger partial charge in [-0.05, 0) is 35.4 Å². The summed E-state index contributed by atoms with van der Waals surface area (Å²) < 4.78 is 75.3. The Morgan fingerprint density at radius 3 is 1.33 bits per heavy atom. The van der Waals surface area contributed by atoms with Crippen molar-refractivity contribution in [1.82, 2.24) is 0 Å². The molecule has 0 saturated heterocycles. The highest BCUT2D eigenvalue weighted by molar-refractivity contribution is 9.09. The Balaban J connectivity index is 2.18. The summed E-state index contributed by atoms with van der Waals surface area (Å²) in [6.45, 7) is 0. The predicted octanol–water partition coefficient (Wildman–Crippen LogP) is 7.14. The summed E-state index contributed by atoms with van der Waals surface area (Å²) in [5, 5.41) is -0.746. The molecule has 0 aliphatic heterocycles. The lowest BCUT2D eigenvalue weighted by atomic mass is 10.0. The van der Waals surface area contributed by atoms with Crippen LogP contribution in [0.25, 0.3) is 0 Å². The first-order chi connectivity index (χ1) is 11.0. The van der Waals surface area contributed by atoms with Crippen molar-refractivity contribution in [3.8, 4) is 0 Å². The van der Waals surface area contributed by atoms with Crippen molar-refractivity contribution < 1.29 is 26.3 Å². The monoisotopic (exact) mass is 430 g/mol. The second kappa shape index (κ2) is 6.96. The van der Waals surface area contributed by atoms with E-state index in [1.165, 1.54) is 24.3 Å². The molecule has 0 radical (unpaired) electrons. The molecule has 0 fully saturated rings. The van der Waals surface area contributed by atoms with Gasteiger partial charge in [-0.2, -0.15) is 26.3 Å². The van der Waals surface area contributed by atoms with E-state index in [0.29, 0.717) is 11.1 Å². The number of halogens is 8. The maximum atomic E-state index is 12.5. The van der Waals surface area contributed by atoms with Gasteiger partial charge in [0.1, 0.15) is 0 Å². The highest BCUT2D eigenvalue weighted by atomic mass is 79.9. The molecule has 0 aliphatic rings. The van der Waals surface area contributed by atoms with Crippen molar-refractivity contribution in [2.75, 3.05) is 0 Å². The normalized spacial score (nSPS) is 15.2. The largest absolute Gasteiger partial charge is 0.416 e. The fourth-order valence-electron chi connectivity index (χ4n) is 2.05. The van der Waals surface area contributed by atoms with Crippen LogP contribution in [0.1, 0.15) is 32.5 Å². The molecule has 0 aromatic heterocycles. The van der Waals surface area contributed by atoms with E-state index in [2.05, 4.69) is 15.9 Å². The Hall–Kier alpha value is -1.21. The van der Waals surface area contributed by atoms with Crippen LogP contribution in [-0.2, 0) is 12.4 Å². The van der Waals surface area contributed by atoms with E-state index in [1.807, 2.05) is 0 Å². The zero-order valence-corrected chi connectivity index (χ0v) is 14.1. The van der Waals surface area contributed by atoms with Crippen LogP contribution in [-0.4, -0.2) is 0 Å². The molecule has 0 nitrogen and oxygen atoms in total. The summed E-state index contributed by atoms with van der Waals surface area (Å²) in [5.41, 5.74) is -0.670. The summed E-state index contributed by atoms with van der Waals surface area (Å²) in [4.78, 5) is -0.557. The SMILES string of the molecule is FC(F)(F)c1ccc([C@@H](Cl)[C@H](Br)c2ccc(C(F)(F)F)cc2)cc1. The predicted molar refractivity (Wildman–Crippen MR) is 83.2 cm³/mol. The van der Waals surface area contributed by atoms with Crippen molar-refractivity contribution in [3.63, 3.8) is 0 Å². The smallest absolute Gasteiger partial charge is 0.166 e. The highest BCUT2D eigenvalue weighted by Crippen LogP contribution is 2.42. The molecule has 0 aliphatic carbocycles. The molecule has 0 bridgehead atoms. The van der Waals surface area contributed by atoms with Gasteiger partial charge in [0, 0.05) is 0 Å². The van der Waals surface area contributed by atoms with E-state index in [0.717, 1.165) is 24.3 Å². The summed E-state index contributed by atoms with van der Waals surface area (Å²) in [6, 6.07) is 8.75. The van der Waals surface area contributed by atoms with Gasteiger partial charge in [0.05, 0.1) is 21.3 Å². The molecule has 0 unspecified atom stereocenters. The van der Waals surface area contributed by atoms with Gasteiger partial charge >= 0.3 is 12.4 Å². The third kappa shape index (κ3) is 4.45. The lowest BCUT2D eigenvalue weighted by molar-refractivity contribution is -0.138. The first-order valence-electron chi connectivity index (χ1n) is 6.62. The number of benzene rings is 2. The number of hydrogen-bond acceptors (Lipinski definition) is 0. The fourth-order valence-corrected chi connectivity index (χ4v) is 2.95. The summed E-state index contributed by atoms with van der Waals surface area (Å²) in [5.74, 6) is 0. The van der Waals surface area contributed by atoms with Crippen molar-refractivity contribution >= 4 is 27.5 Å². The number of hydrogen-bond donors (Lipinski definition) is 0. The van der Waals surface area contributed by atoms with E-state index < -0.39 is 33.7 Å². The molecule has 24 heavy (non-hydrogen) atoms. The fraction of sp³-hybridized carbons (Fsp3) is 0.250. The zero-order chi connectivity index (χ0) is 18.1. The van der Waals surface area contributed by atoms with E-state index in [-0.39, 0.29) is 0 Å². The minimum atomic E-state index is -4.44. The van der Waals surface area contributed by atoms with Crippen LogP contribution in [0.15, 0.2) is 48.5 Å². The molecule has 0 N–H and O–H groups in total. The van der Waals surface area contributed by atoms with Gasteiger partial charge in [-0.15, -0.1) is 11.6 Å². The lowest BCUT2D eigenvalue weighted by Crippen LogP contribution is -2.07. The first-order valence-corrected chi connectivity index (χ1v) is 7.98. The van der Waals surface area contributed by atoms with Crippen LogP contribution in [0.5, 0.6) is 0 Å². The van der Waals surface area contributed by atoms with Gasteiger partial charge in [0.2, 0.25) is 0 Å². The molecular weight excluding hydrogens is 422 g/mol. The Morgan fingerprint density at radius 1 is 0.667 bits per heavy atom. The number of rotatable bonds is 3. The van der Waals surface area contributed by atoms with E-state index >= 15 is 0 Å². The van der Waals surface area contributed by atoms with Crippen LogP contribution >= 0.6 is 27.5 Å². The molecule has 8 heteroatoms. The van der Waals surface area contributed by atoms with Crippen LogP contribution in [0, 0.1) is 0 Å². The zero-order valence-electron chi connectivity index (χ0n) is 11.8. The molecule has 2 atom stereocenters. The van der Waals surface area contributed by atoms with Crippen LogP contribution in [0.4, 0.5) is 26.3 Å². The standard InChI is InChI=1S/C16H10BrClF6/c17-13(9-1-5-11(6-2-9)15(19,20)21)14(18)10-3-7-12(8-4-10)16(22,23)24/h1-8,13-14H/t13-,14-/m1/s1. The van der Waals surface area contributed by atoms with Gasteiger partial charge in [-0.1, -0.05) is 40.2 Å². The van der Waals surface area contributed by atoms with Gasteiger partial charge in [0.15, 0.2) is 0 Å². The lowest BCUT2D eigenvalue weighted by Gasteiger charge is -2.18. The van der Waals surface area contributed by atoms with Gasteiger partial charge < -0.3 is 0 Å². The third-order valence-corrected chi connectivity index (χ3v) is 5.24. The third-order valence-electron chi connectivity index (χ3n) is 3.37. The summed E-state index contributed by atoms with van der Waals surface area (Å²) in [6.07, 6.45) is -8.88. The molecule has 0 spiro atoms. The Kier molecular flexibility index (Phi) is 5.54. The van der Waals surface area contributed by atoms with E-state index in [9.17, 15) is 26.3 Å². The molecular formula is C16H10BrClF6. The van der Waals surface area contributed by atoms with E-state index in [1.54, 1.807) is 0 Å². The molecule has 2 aromatic carbocycles. The summed E-state index contributed by atoms with van der Waals surface area (Å²) >= 11 is 9.52. The highest BCUT2D eigenvalue weighted by Gasteiger charge is 2.32. The Bertz CT molecular complexity index is 614. The minimum Gasteiger partial charge on any atom is -0.166 e. The molecule has 0 saturated carbocycles. The summed E-state index contributed by atoms with van der Waals surface area (Å²) in [7, 11) is 0. The molecule has 0 heterocycles. The molecule has 2 aromatic rings. The quantitative estimate of drug-likeness (QED) is 0.358. The number of alkyl halides is 8. The van der Waals surface area contributed by atoms with Crippen LogP contribution in [0.3, 0.4) is 0 Å². The maximum Gasteiger partial charge on any atom is 0.416 e. The molecule has 130 valence electrons.